The standard InChI is InChI=1S/C22H17IN6O4/c23-22(30)27-11-15-10-26-21(12-25-15)28-20-9-14(7-8-24-20)13-33-19-6-5-18(29(31)32)16-3-1-2-4-17(16)19/h1-10,12H,11,13H2,(H,27,30)(H,24,26,28). The molecule has 0 aliphatic heterocycles. The Bertz CT molecular complexity index is 1320. The van der Waals surface area contributed by atoms with E-state index in [4.69, 9.17) is 4.74 Å². The molecule has 2 aromatic carbocycles. The molecule has 10 nitrogen and oxygen atoms in total. The quantitative estimate of drug-likeness (QED) is 0.103. The number of halogens is 1. The summed E-state index contributed by atoms with van der Waals surface area (Å²) in [6, 6.07) is 13.8. The molecular formula is C22H17IN6O4. The monoisotopic (exact) mass is 556 g/mol. The first-order valence-corrected chi connectivity index (χ1v) is 10.8. The molecule has 1 amide bonds. The fourth-order valence-electron chi connectivity index (χ4n) is 3.14. The number of anilines is 2. The molecule has 33 heavy (non-hydrogen) atoms. The summed E-state index contributed by atoms with van der Waals surface area (Å²) < 4.78 is 5.80. The van der Waals surface area contributed by atoms with Gasteiger partial charge < -0.3 is 15.4 Å². The third kappa shape index (κ3) is 5.68. The maximum absolute atomic E-state index is 11.3. The minimum Gasteiger partial charge on any atom is -0.488 e. The third-order valence-corrected chi connectivity index (χ3v) is 5.03. The summed E-state index contributed by atoms with van der Waals surface area (Å²) in [5.41, 5.74) is 1.53. The smallest absolute Gasteiger partial charge is 0.280 e. The number of aromatic nitrogens is 3. The van der Waals surface area contributed by atoms with Crippen LogP contribution in [-0.4, -0.2) is 23.8 Å². The number of nitro benzene ring substituents is 1. The summed E-state index contributed by atoms with van der Waals surface area (Å²) >= 11 is 1.66. The van der Waals surface area contributed by atoms with Gasteiger partial charge in [-0.15, -0.1) is 0 Å². The molecule has 0 saturated heterocycles. The number of ether oxygens (including phenoxy) is 1. The van der Waals surface area contributed by atoms with Crippen LogP contribution in [0, 0.1) is 10.1 Å². The van der Waals surface area contributed by atoms with Gasteiger partial charge in [-0.25, -0.2) is 9.97 Å². The Morgan fingerprint density at radius 1 is 1.03 bits per heavy atom. The van der Waals surface area contributed by atoms with E-state index in [-0.39, 0.29) is 16.2 Å². The van der Waals surface area contributed by atoms with Crippen molar-refractivity contribution in [3.05, 3.63) is 88.5 Å². The molecule has 2 N–H and O–H groups in total. The summed E-state index contributed by atoms with van der Waals surface area (Å²) in [5, 5.41) is 18.2. The van der Waals surface area contributed by atoms with Crippen molar-refractivity contribution < 1.29 is 14.5 Å². The zero-order chi connectivity index (χ0) is 23.2. The van der Waals surface area contributed by atoms with Crippen molar-refractivity contribution in [3.63, 3.8) is 0 Å². The molecule has 0 aliphatic rings. The Morgan fingerprint density at radius 2 is 1.85 bits per heavy atom. The topological polar surface area (TPSA) is 132 Å². The lowest BCUT2D eigenvalue weighted by Crippen LogP contribution is -2.16. The average Bonchev–Trinajstić information content (AvgIpc) is 2.82. The number of carbonyl (C=O) groups is 1. The van der Waals surface area contributed by atoms with Crippen LogP contribution >= 0.6 is 22.6 Å². The molecule has 0 fully saturated rings. The Kier molecular flexibility index (Phi) is 6.88. The van der Waals surface area contributed by atoms with E-state index in [1.165, 1.54) is 6.07 Å². The molecule has 2 aromatic heterocycles. The van der Waals surface area contributed by atoms with Gasteiger partial charge in [0.2, 0.25) is 0 Å². The van der Waals surface area contributed by atoms with Crippen molar-refractivity contribution in [1.82, 2.24) is 20.3 Å². The SMILES string of the molecule is O=C(I)NCc1cnc(Nc2cc(COc3ccc([N+](=O)[O-])c4ccccc34)ccn2)cn1. The number of nitrogens with zero attached hydrogens (tertiary/aromatic N) is 4. The second-order valence-corrected chi connectivity index (χ2v) is 7.85. The molecule has 0 aliphatic carbocycles. The zero-order valence-electron chi connectivity index (χ0n) is 17.1. The maximum Gasteiger partial charge on any atom is 0.280 e. The van der Waals surface area contributed by atoms with Crippen molar-refractivity contribution in [2.75, 3.05) is 5.32 Å². The highest BCUT2D eigenvalue weighted by Gasteiger charge is 2.14. The highest BCUT2D eigenvalue weighted by Crippen LogP contribution is 2.33. The Labute approximate surface area is 201 Å². The van der Waals surface area contributed by atoms with E-state index < -0.39 is 4.92 Å². The molecule has 4 rings (SSSR count). The average molecular weight is 556 g/mol. The summed E-state index contributed by atoms with van der Waals surface area (Å²) in [6.07, 6.45) is 4.77. The number of carbonyl (C=O) groups excluding carboxylic acids is 1. The molecular weight excluding hydrogens is 539 g/mol. The fourth-order valence-corrected chi connectivity index (χ4v) is 3.33. The van der Waals surface area contributed by atoms with Crippen LogP contribution in [0.4, 0.5) is 22.1 Å². The van der Waals surface area contributed by atoms with E-state index in [1.807, 2.05) is 18.2 Å². The fraction of sp³-hybridized carbons (Fsp3) is 0.0909. The molecule has 11 heteroatoms. The lowest BCUT2D eigenvalue weighted by atomic mass is 10.1. The summed E-state index contributed by atoms with van der Waals surface area (Å²) in [5.74, 6) is 1.63. The summed E-state index contributed by atoms with van der Waals surface area (Å²) in [7, 11) is 0. The normalized spacial score (nSPS) is 10.6. The molecule has 0 unspecified atom stereocenters. The van der Waals surface area contributed by atoms with E-state index in [2.05, 4.69) is 25.6 Å². The van der Waals surface area contributed by atoms with Gasteiger partial charge in [0.15, 0.2) is 0 Å². The molecule has 0 radical (unpaired) electrons. The molecule has 4 aromatic rings. The van der Waals surface area contributed by atoms with Crippen molar-refractivity contribution in [1.29, 1.82) is 0 Å². The minimum atomic E-state index is -0.401. The van der Waals surface area contributed by atoms with E-state index in [0.29, 0.717) is 40.4 Å². The first kappa shape index (κ1) is 22.3. The number of non-ortho nitro benzene ring substituents is 1. The predicted octanol–water partition coefficient (Wildman–Crippen LogP) is 4.90. The van der Waals surface area contributed by atoms with Gasteiger partial charge in [0.05, 0.1) is 34.9 Å². The maximum atomic E-state index is 11.3. The summed E-state index contributed by atoms with van der Waals surface area (Å²) in [6.45, 7) is 0.553. The highest BCUT2D eigenvalue weighted by molar-refractivity contribution is 14.1. The molecule has 0 saturated carbocycles. The lowest BCUT2D eigenvalue weighted by Gasteiger charge is -2.11. The van der Waals surface area contributed by atoms with E-state index in [0.717, 1.165) is 5.56 Å². The van der Waals surface area contributed by atoms with Gasteiger partial charge in [-0.1, -0.05) is 18.2 Å². The van der Waals surface area contributed by atoms with E-state index in [1.54, 1.807) is 65.4 Å². The number of nitrogens with one attached hydrogen (secondary N) is 2. The van der Waals surface area contributed by atoms with Crippen LogP contribution in [0.1, 0.15) is 11.3 Å². The molecule has 166 valence electrons. The number of amides is 1. The number of hydrogen-bond acceptors (Lipinski definition) is 8. The summed E-state index contributed by atoms with van der Waals surface area (Å²) in [4.78, 5) is 34.7. The van der Waals surface area contributed by atoms with E-state index >= 15 is 0 Å². The second kappa shape index (κ2) is 10.2. The van der Waals surface area contributed by atoms with Crippen LogP contribution in [0.2, 0.25) is 0 Å². The van der Waals surface area contributed by atoms with Crippen LogP contribution in [-0.2, 0) is 13.2 Å². The van der Waals surface area contributed by atoms with Gasteiger partial charge in [-0.3, -0.25) is 19.9 Å². The van der Waals surface area contributed by atoms with Gasteiger partial charge in [-0.2, -0.15) is 0 Å². The van der Waals surface area contributed by atoms with Gasteiger partial charge in [0.1, 0.15) is 24.0 Å². The number of rotatable bonds is 8. The van der Waals surface area contributed by atoms with Crippen molar-refractivity contribution in [3.8, 4) is 5.75 Å². The van der Waals surface area contributed by atoms with Gasteiger partial charge in [-0.05, 0) is 29.8 Å². The second-order valence-electron chi connectivity index (χ2n) is 6.87. The van der Waals surface area contributed by atoms with Crippen molar-refractivity contribution in [2.24, 2.45) is 0 Å². The van der Waals surface area contributed by atoms with Crippen LogP contribution in [0.25, 0.3) is 10.8 Å². The number of fused-ring (bicyclic) bond motifs is 1. The van der Waals surface area contributed by atoms with Crippen molar-refractivity contribution in [2.45, 2.75) is 13.2 Å². The van der Waals surface area contributed by atoms with Gasteiger partial charge in [0, 0.05) is 40.2 Å². The molecule has 0 atom stereocenters. The number of nitro groups is 1. The minimum absolute atomic E-state index is 0.0390. The van der Waals surface area contributed by atoms with Crippen molar-refractivity contribution >= 4 is 54.6 Å². The molecule has 0 bridgehead atoms. The lowest BCUT2D eigenvalue weighted by molar-refractivity contribution is -0.383. The van der Waals surface area contributed by atoms with Gasteiger partial charge >= 0.3 is 0 Å². The predicted molar refractivity (Wildman–Crippen MR) is 131 cm³/mol. The first-order valence-electron chi connectivity index (χ1n) is 9.75. The Balaban J connectivity index is 1.44. The number of benzene rings is 2. The Hall–Kier alpha value is -3.87. The highest BCUT2D eigenvalue weighted by atomic mass is 127. The number of hydrogen-bond donors (Lipinski definition) is 2. The van der Waals surface area contributed by atoms with Gasteiger partial charge in [0.25, 0.3) is 9.60 Å². The Morgan fingerprint density at radius 3 is 2.58 bits per heavy atom. The van der Waals surface area contributed by atoms with Crippen LogP contribution in [0.3, 0.4) is 0 Å². The van der Waals surface area contributed by atoms with Crippen LogP contribution in [0.15, 0.2) is 67.1 Å². The zero-order valence-corrected chi connectivity index (χ0v) is 19.2. The van der Waals surface area contributed by atoms with Crippen LogP contribution < -0.4 is 15.4 Å². The van der Waals surface area contributed by atoms with E-state index in [9.17, 15) is 14.9 Å². The van der Waals surface area contributed by atoms with Crippen LogP contribution in [0.5, 0.6) is 5.75 Å². The largest absolute Gasteiger partial charge is 0.488 e. The first-order chi connectivity index (χ1) is 16.0. The molecule has 2 heterocycles. The third-order valence-electron chi connectivity index (χ3n) is 4.65. The molecule has 0 spiro atoms. The number of pyridine rings is 1.